The molecule has 0 N–H and O–H groups in total. The molecule has 0 aromatic heterocycles. The van der Waals surface area contributed by atoms with E-state index in [1.54, 1.807) is 19.2 Å². The van der Waals surface area contributed by atoms with Gasteiger partial charge in [0.25, 0.3) is 5.69 Å². The van der Waals surface area contributed by atoms with Crippen molar-refractivity contribution in [3.8, 4) is 5.75 Å². The van der Waals surface area contributed by atoms with E-state index in [1.165, 1.54) is 6.07 Å². The molecule has 24 heavy (non-hydrogen) atoms. The van der Waals surface area contributed by atoms with Crippen LogP contribution in [-0.2, 0) is 6.42 Å². The van der Waals surface area contributed by atoms with Crippen LogP contribution in [0, 0.1) is 16.0 Å². The molecule has 1 unspecified atom stereocenters. The van der Waals surface area contributed by atoms with Crippen LogP contribution in [-0.4, -0.2) is 24.3 Å². The van der Waals surface area contributed by atoms with Crippen LogP contribution in [0.4, 0.5) is 5.69 Å². The van der Waals surface area contributed by atoms with Gasteiger partial charge in [0.2, 0.25) is 0 Å². The molecule has 0 bridgehead atoms. The second kappa shape index (κ2) is 7.73. The molecule has 2 rings (SSSR count). The lowest BCUT2D eigenvalue weighted by molar-refractivity contribution is -0.385. The van der Waals surface area contributed by atoms with E-state index in [0.29, 0.717) is 18.8 Å². The Morgan fingerprint density at radius 3 is 2.92 bits per heavy atom. The molecule has 1 atom stereocenters. The highest BCUT2D eigenvalue weighted by Crippen LogP contribution is 2.36. The number of rotatable bonds is 6. The van der Waals surface area contributed by atoms with Crippen LogP contribution in [0.3, 0.4) is 0 Å². The molecule has 5 heteroatoms. The highest BCUT2D eigenvalue weighted by atomic mass is 16.6. The van der Waals surface area contributed by atoms with Crippen LogP contribution in [0.2, 0.25) is 0 Å². The molecule has 0 spiro atoms. The van der Waals surface area contributed by atoms with Crippen LogP contribution in [0.15, 0.2) is 47.5 Å². The molecular weight excluding hydrogens is 304 g/mol. The summed E-state index contributed by atoms with van der Waals surface area (Å²) in [5.41, 5.74) is 3.50. The fraction of sp³-hybridized carbons (Fsp3) is 0.316. The summed E-state index contributed by atoms with van der Waals surface area (Å²) >= 11 is 0. The molecule has 126 valence electrons. The maximum atomic E-state index is 11.3. The van der Waals surface area contributed by atoms with Crippen molar-refractivity contribution in [2.75, 3.05) is 13.7 Å². The van der Waals surface area contributed by atoms with Crippen molar-refractivity contribution >= 4 is 17.5 Å². The normalized spacial score (nSPS) is 17.4. The third-order valence-electron chi connectivity index (χ3n) is 3.92. The summed E-state index contributed by atoms with van der Waals surface area (Å²) in [6.07, 6.45) is 8.22. The van der Waals surface area contributed by atoms with Crippen LogP contribution >= 0.6 is 0 Å². The summed E-state index contributed by atoms with van der Waals surface area (Å²) in [7, 11) is 1.71. The minimum atomic E-state index is -0.326. The summed E-state index contributed by atoms with van der Waals surface area (Å²) in [6, 6.07) is 3.20. The Kier molecular flexibility index (Phi) is 5.68. The number of benzene rings is 1. The predicted octanol–water partition coefficient (Wildman–Crippen LogP) is 4.38. The largest absolute Gasteiger partial charge is 0.489 e. The number of nitro benzene ring substituents is 1. The number of fused-ring (bicyclic) bond motifs is 1. The molecule has 1 aliphatic carbocycles. The number of nitro groups is 1. The van der Waals surface area contributed by atoms with E-state index < -0.39 is 0 Å². The van der Waals surface area contributed by atoms with E-state index in [0.717, 1.165) is 22.4 Å². The van der Waals surface area contributed by atoms with Gasteiger partial charge >= 0.3 is 0 Å². The van der Waals surface area contributed by atoms with E-state index in [4.69, 9.17) is 4.74 Å². The molecule has 1 aromatic carbocycles. The van der Waals surface area contributed by atoms with Gasteiger partial charge in [-0.1, -0.05) is 25.7 Å². The summed E-state index contributed by atoms with van der Waals surface area (Å²) in [5.74, 6) is 0.948. The summed E-state index contributed by atoms with van der Waals surface area (Å²) in [4.78, 5) is 15.0. The van der Waals surface area contributed by atoms with Gasteiger partial charge in [0, 0.05) is 24.2 Å². The monoisotopic (exact) mass is 326 g/mol. The molecule has 0 heterocycles. The topological polar surface area (TPSA) is 64.7 Å². The van der Waals surface area contributed by atoms with Gasteiger partial charge in [0.05, 0.1) is 10.6 Å². The number of hydrogen-bond donors (Lipinski definition) is 0. The average molecular weight is 326 g/mol. The number of allylic oxidation sites excluding steroid dienone is 3. The molecule has 0 amide bonds. The zero-order chi connectivity index (χ0) is 17.7. The first kappa shape index (κ1) is 17.7. The van der Waals surface area contributed by atoms with Crippen LogP contribution in [0.25, 0.3) is 6.08 Å². The molecule has 0 radical (unpaired) electrons. The molecule has 1 aromatic rings. The van der Waals surface area contributed by atoms with Crippen molar-refractivity contribution in [1.29, 1.82) is 0 Å². The Morgan fingerprint density at radius 1 is 1.54 bits per heavy atom. The average Bonchev–Trinajstić information content (AvgIpc) is 2.56. The van der Waals surface area contributed by atoms with E-state index in [9.17, 15) is 10.1 Å². The van der Waals surface area contributed by atoms with E-state index >= 15 is 0 Å². The molecule has 1 aliphatic rings. The first-order chi connectivity index (χ1) is 11.5. The Morgan fingerprint density at radius 2 is 2.29 bits per heavy atom. The van der Waals surface area contributed by atoms with Gasteiger partial charge in [0.15, 0.2) is 0 Å². The summed E-state index contributed by atoms with van der Waals surface area (Å²) in [5, 5.41) is 11.3. The zero-order valence-corrected chi connectivity index (χ0v) is 14.3. The summed E-state index contributed by atoms with van der Waals surface area (Å²) in [6.45, 7) is 8.09. The lowest BCUT2D eigenvalue weighted by Crippen LogP contribution is -2.10. The minimum Gasteiger partial charge on any atom is -0.489 e. The predicted molar refractivity (Wildman–Crippen MR) is 97.8 cm³/mol. The number of ether oxygens (including phenoxy) is 1. The maximum absolute atomic E-state index is 11.3. The van der Waals surface area contributed by atoms with Gasteiger partial charge in [0.1, 0.15) is 12.4 Å². The SMILES string of the molecule is C=CC(/C=C(\C)COc1ccc([N+](=O)[O-])c2c1C=CC(C)C2)=NC. The lowest BCUT2D eigenvalue weighted by atomic mass is 9.89. The molecule has 0 saturated heterocycles. The second-order valence-corrected chi connectivity index (χ2v) is 5.90. The third kappa shape index (κ3) is 3.98. The fourth-order valence-electron chi connectivity index (χ4n) is 2.68. The molecule has 5 nitrogen and oxygen atoms in total. The zero-order valence-electron chi connectivity index (χ0n) is 14.3. The number of hydrogen-bond acceptors (Lipinski definition) is 4. The first-order valence-electron chi connectivity index (χ1n) is 7.84. The smallest absolute Gasteiger partial charge is 0.273 e. The van der Waals surface area contributed by atoms with Crippen LogP contribution < -0.4 is 4.74 Å². The first-order valence-corrected chi connectivity index (χ1v) is 7.84. The molecular formula is C19H22N2O3. The maximum Gasteiger partial charge on any atom is 0.273 e. The van der Waals surface area contributed by atoms with Crippen molar-refractivity contribution in [2.45, 2.75) is 20.3 Å². The van der Waals surface area contributed by atoms with Crippen LogP contribution in [0.5, 0.6) is 5.75 Å². The third-order valence-corrected chi connectivity index (χ3v) is 3.92. The highest BCUT2D eigenvalue weighted by Gasteiger charge is 2.24. The van der Waals surface area contributed by atoms with Gasteiger partial charge in [-0.2, -0.15) is 0 Å². The Bertz CT molecular complexity index is 745. The molecule has 0 fully saturated rings. The number of nitrogens with zero attached hydrogens (tertiary/aromatic N) is 2. The summed E-state index contributed by atoms with van der Waals surface area (Å²) < 4.78 is 5.89. The van der Waals surface area contributed by atoms with Gasteiger partial charge in [-0.05, 0) is 43.1 Å². The van der Waals surface area contributed by atoms with Gasteiger partial charge in [-0.3, -0.25) is 15.1 Å². The molecule has 0 aliphatic heterocycles. The highest BCUT2D eigenvalue weighted by molar-refractivity contribution is 6.03. The second-order valence-electron chi connectivity index (χ2n) is 5.90. The number of aliphatic imine (C=N–C) groups is 1. The van der Waals surface area contributed by atoms with Crippen molar-refractivity contribution in [2.24, 2.45) is 10.9 Å². The quantitative estimate of drug-likeness (QED) is 0.442. The van der Waals surface area contributed by atoms with Crippen molar-refractivity contribution < 1.29 is 9.66 Å². The van der Waals surface area contributed by atoms with Gasteiger partial charge in [-0.15, -0.1) is 0 Å². The van der Waals surface area contributed by atoms with Crippen molar-refractivity contribution in [1.82, 2.24) is 0 Å². The van der Waals surface area contributed by atoms with E-state index in [2.05, 4.69) is 17.6 Å². The lowest BCUT2D eigenvalue weighted by Gasteiger charge is -2.19. The molecule has 0 saturated carbocycles. The van der Waals surface area contributed by atoms with Gasteiger partial charge < -0.3 is 4.74 Å². The minimum absolute atomic E-state index is 0.160. The van der Waals surface area contributed by atoms with Crippen molar-refractivity contribution in [3.05, 3.63) is 63.8 Å². The van der Waals surface area contributed by atoms with E-state index in [1.807, 2.05) is 26.0 Å². The van der Waals surface area contributed by atoms with Crippen LogP contribution in [0.1, 0.15) is 25.0 Å². The Labute approximate surface area is 142 Å². The standard InChI is InChI=1S/C19H22N2O3/c1-5-15(20-4)10-14(3)12-24-19-9-8-18(21(22)23)17-11-13(2)6-7-16(17)19/h5-10,13H,1,11-12H2,2-4H3/b14-10+,20-15?. The Balaban J connectivity index is 2.27. The Hall–Kier alpha value is -2.69. The van der Waals surface area contributed by atoms with Crippen molar-refractivity contribution in [3.63, 3.8) is 0 Å². The van der Waals surface area contributed by atoms with Gasteiger partial charge in [-0.25, -0.2) is 0 Å². The fourth-order valence-corrected chi connectivity index (χ4v) is 2.68. The van der Waals surface area contributed by atoms with E-state index in [-0.39, 0.29) is 16.5 Å².